The Morgan fingerprint density at radius 2 is 2.03 bits per heavy atom. The lowest BCUT2D eigenvalue weighted by Gasteiger charge is -2.27. The highest BCUT2D eigenvalue weighted by atomic mass is 35.5. The third kappa shape index (κ3) is 4.60. The van der Waals surface area contributed by atoms with Crippen LogP contribution in [0.15, 0.2) is 53.1 Å². The Hall–Kier alpha value is -2.44. The van der Waals surface area contributed by atoms with Crippen molar-refractivity contribution in [3.05, 3.63) is 70.4 Å². The minimum absolute atomic E-state index is 0.435. The molecule has 0 spiro atoms. The first-order valence-electron chi connectivity index (χ1n) is 9.34. The van der Waals surface area contributed by atoms with Crippen molar-refractivity contribution >= 4 is 35.1 Å². The van der Waals surface area contributed by atoms with Gasteiger partial charge in [-0.2, -0.15) is 11.8 Å². The Kier molecular flexibility index (Phi) is 6.87. The highest BCUT2D eigenvalue weighted by molar-refractivity contribution is 7.98. The molecule has 7 heteroatoms. The summed E-state index contributed by atoms with van der Waals surface area (Å²) in [6.07, 6.45) is -1.09. The number of aromatic nitrogens is 1. The summed E-state index contributed by atoms with van der Waals surface area (Å²) >= 11 is 8.16. The highest BCUT2D eigenvalue weighted by Crippen LogP contribution is 2.40. The normalized spacial score (nSPS) is 12.0. The van der Waals surface area contributed by atoms with Gasteiger partial charge in [0.05, 0.1) is 6.04 Å². The van der Waals surface area contributed by atoms with E-state index in [0.29, 0.717) is 22.2 Å². The summed E-state index contributed by atoms with van der Waals surface area (Å²) in [5.74, 6) is 2.34. The minimum atomic E-state index is -1.09. The number of hydrogen-bond donors (Lipinski definition) is 1. The minimum Gasteiger partial charge on any atom is -0.465 e. The van der Waals surface area contributed by atoms with Crippen molar-refractivity contribution in [1.29, 1.82) is 0 Å². The zero-order chi connectivity index (χ0) is 21.0. The van der Waals surface area contributed by atoms with Crippen molar-refractivity contribution in [1.82, 2.24) is 5.16 Å². The topological polar surface area (TPSA) is 66.6 Å². The molecule has 0 saturated carbocycles. The lowest BCUT2D eigenvalue weighted by atomic mass is 10.0. The van der Waals surface area contributed by atoms with Gasteiger partial charge in [0.25, 0.3) is 0 Å². The lowest BCUT2D eigenvalue weighted by molar-refractivity contribution is 0.199. The van der Waals surface area contributed by atoms with Gasteiger partial charge in [-0.3, -0.25) is 4.90 Å². The maximum absolute atomic E-state index is 12.3. The van der Waals surface area contributed by atoms with Crippen molar-refractivity contribution in [2.45, 2.75) is 32.6 Å². The Labute approximate surface area is 179 Å². The summed E-state index contributed by atoms with van der Waals surface area (Å²) in [5.41, 5.74) is 3.61. The first kappa shape index (κ1) is 21.3. The molecule has 0 bridgehead atoms. The van der Waals surface area contributed by atoms with E-state index >= 15 is 0 Å². The number of carbonyl (C=O) groups is 1. The fourth-order valence-corrected chi connectivity index (χ4v) is 4.18. The van der Waals surface area contributed by atoms with Crippen LogP contribution in [0.2, 0.25) is 5.02 Å². The summed E-state index contributed by atoms with van der Waals surface area (Å²) in [7, 11) is 0. The van der Waals surface area contributed by atoms with Gasteiger partial charge in [0.15, 0.2) is 5.76 Å². The van der Waals surface area contributed by atoms with Crippen LogP contribution in [0, 0.1) is 6.92 Å². The zero-order valence-electron chi connectivity index (χ0n) is 16.6. The van der Waals surface area contributed by atoms with Crippen LogP contribution in [0.4, 0.5) is 10.5 Å². The summed E-state index contributed by atoms with van der Waals surface area (Å²) in [6.45, 7) is 5.67. The zero-order valence-corrected chi connectivity index (χ0v) is 18.1. The third-order valence-electron chi connectivity index (χ3n) is 4.68. The van der Waals surface area contributed by atoms with Crippen LogP contribution in [0.1, 0.15) is 36.7 Å². The largest absolute Gasteiger partial charge is 0.465 e. The van der Waals surface area contributed by atoms with Crippen molar-refractivity contribution < 1.29 is 14.4 Å². The number of hydrogen-bond acceptors (Lipinski definition) is 4. The number of halogens is 1. The van der Waals surface area contributed by atoms with Crippen LogP contribution >= 0.6 is 23.4 Å². The molecule has 1 aromatic heterocycles. The second-order valence-corrected chi connectivity index (χ2v) is 8.31. The van der Waals surface area contributed by atoms with Gasteiger partial charge in [0.2, 0.25) is 0 Å². The van der Waals surface area contributed by atoms with Crippen molar-refractivity contribution in [2.24, 2.45) is 0 Å². The van der Waals surface area contributed by atoms with E-state index in [1.807, 2.05) is 48.2 Å². The van der Waals surface area contributed by atoms with Gasteiger partial charge in [0, 0.05) is 16.3 Å². The van der Waals surface area contributed by atoms with E-state index in [1.54, 1.807) is 19.9 Å². The third-order valence-corrected chi connectivity index (χ3v) is 5.97. The molecule has 1 amide bonds. The average molecular weight is 431 g/mol. The van der Waals surface area contributed by atoms with Crippen molar-refractivity contribution in [3.63, 3.8) is 0 Å². The predicted molar refractivity (Wildman–Crippen MR) is 119 cm³/mol. The summed E-state index contributed by atoms with van der Waals surface area (Å²) < 4.78 is 5.59. The van der Waals surface area contributed by atoms with E-state index in [-0.39, 0.29) is 0 Å². The maximum Gasteiger partial charge on any atom is 0.412 e. The molecule has 3 aromatic rings. The van der Waals surface area contributed by atoms with Crippen molar-refractivity contribution in [2.75, 3.05) is 10.7 Å². The van der Waals surface area contributed by atoms with E-state index in [9.17, 15) is 9.90 Å². The molecule has 1 heterocycles. The monoisotopic (exact) mass is 430 g/mol. The van der Waals surface area contributed by atoms with Crippen LogP contribution in [-0.4, -0.2) is 22.1 Å². The number of thioether (sulfide) groups is 1. The molecule has 0 saturated heterocycles. The lowest BCUT2D eigenvalue weighted by Crippen LogP contribution is -2.33. The van der Waals surface area contributed by atoms with Gasteiger partial charge in [-0.1, -0.05) is 60.1 Å². The molecular weight excluding hydrogens is 408 g/mol. The van der Waals surface area contributed by atoms with E-state index in [1.165, 1.54) is 4.90 Å². The molecule has 3 rings (SSSR count). The Morgan fingerprint density at radius 1 is 1.28 bits per heavy atom. The summed E-state index contributed by atoms with van der Waals surface area (Å²) in [5, 5.41) is 14.6. The Bertz CT molecular complexity index is 1010. The molecule has 0 aliphatic rings. The second-order valence-electron chi connectivity index (χ2n) is 6.63. The Balaban J connectivity index is 2.07. The van der Waals surface area contributed by atoms with Crippen LogP contribution in [0.25, 0.3) is 11.3 Å². The van der Waals surface area contributed by atoms with Crippen LogP contribution in [0.5, 0.6) is 0 Å². The second kappa shape index (κ2) is 9.37. The molecule has 2 aromatic carbocycles. The highest BCUT2D eigenvalue weighted by Gasteiger charge is 2.31. The molecular formula is C22H23ClN2O3S. The first-order valence-corrected chi connectivity index (χ1v) is 10.9. The molecule has 1 atom stereocenters. The maximum atomic E-state index is 12.3. The molecule has 1 unspecified atom stereocenters. The number of anilines is 1. The fraction of sp³-hybridized carbons (Fsp3) is 0.273. The molecule has 5 nitrogen and oxygen atoms in total. The van der Waals surface area contributed by atoms with Crippen LogP contribution in [0.3, 0.4) is 0 Å². The SMILES string of the molecule is CCSCc1cccc(-c2onc(C)c2N(C(=O)O)C(C)c2ccccc2Cl)c1. The number of amides is 1. The van der Waals surface area contributed by atoms with Gasteiger partial charge in [0.1, 0.15) is 11.4 Å². The van der Waals surface area contributed by atoms with Gasteiger partial charge in [-0.15, -0.1) is 0 Å². The van der Waals surface area contributed by atoms with Crippen LogP contribution in [-0.2, 0) is 5.75 Å². The van der Waals surface area contributed by atoms with E-state index in [0.717, 1.165) is 28.2 Å². The number of nitrogens with zero attached hydrogens (tertiary/aromatic N) is 2. The average Bonchev–Trinajstić information content (AvgIpc) is 3.08. The van der Waals surface area contributed by atoms with Gasteiger partial charge < -0.3 is 9.63 Å². The number of benzene rings is 2. The molecule has 29 heavy (non-hydrogen) atoms. The van der Waals surface area contributed by atoms with Gasteiger partial charge in [-0.05, 0) is 42.9 Å². The van der Waals surface area contributed by atoms with Crippen molar-refractivity contribution in [3.8, 4) is 11.3 Å². The van der Waals surface area contributed by atoms with Gasteiger partial charge in [-0.25, -0.2) is 4.79 Å². The molecule has 1 N–H and O–H groups in total. The summed E-state index contributed by atoms with van der Waals surface area (Å²) in [4.78, 5) is 13.6. The fourth-order valence-electron chi connectivity index (χ4n) is 3.27. The smallest absolute Gasteiger partial charge is 0.412 e. The predicted octanol–water partition coefficient (Wildman–Crippen LogP) is 6.80. The molecule has 0 radical (unpaired) electrons. The summed E-state index contributed by atoms with van der Waals surface area (Å²) in [6, 6.07) is 14.7. The number of rotatable bonds is 7. The van der Waals surface area contributed by atoms with Crippen LogP contribution < -0.4 is 4.90 Å². The van der Waals surface area contributed by atoms with E-state index in [2.05, 4.69) is 18.1 Å². The molecule has 0 aliphatic heterocycles. The van der Waals surface area contributed by atoms with E-state index < -0.39 is 12.1 Å². The number of aryl methyl sites for hydroxylation is 1. The standard InChI is InChI=1S/C22H23ClN2O3S/c1-4-29-13-16-8-7-9-17(12-16)21-20(14(2)24-28-21)25(22(26)27)15(3)18-10-5-6-11-19(18)23/h5-12,15H,4,13H2,1-3H3,(H,26,27). The van der Waals surface area contributed by atoms with E-state index in [4.69, 9.17) is 16.1 Å². The molecule has 0 fully saturated rings. The molecule has 0 aliphatic carbocycles. The quantitative estimate of drug-likeness (QED) is 0.446. The molecule has 152 valence electrons. The number of carboxylic acid groups (broad SMARTS) is 1. The Morgan fingerprint density at radius 3 is 2.72 bits per heavy atom. The van der Waals surface area contributed by atoms with Gasteiger partial charge >= 0.3 is 6.09 Å². The first-order chi connectivity index (χ1) is 13.9.